The van der Waals surface area contributed by atoms with E-state index in [1.165, 1.54) is 26.4 Å². The number of rotatable bonds is 13. The van der Waals surface area contributed by atoms with Crippen LogP contribution in [0.1, 0.15) is 31.8 Å². The Bertz CT molecular complexity index is 1550. The number of benzene rings is 4. The molecule has 0 spiro atoms. The molecule has 0 atom stereocenters. The second kappa shape index (κ2) is 13.6. The minimum atomic E-state index is -0.683. The molecule has 4 rings (SSSR count). The third-order valence-electron chi connectivity index (χ3n) is 6.95. The topological polar surface area (TPSA) is 89.5 Å². The van der Waals surface area contributed by atoms with Crippen LogP contribution in [0.2, 0.25) is 0 Å². The maximum Gasteiger partial charge on any atom is 0.233 e. The largest absolute Gasteiger partial charge is 0.497 e. The van der Waals surface area contributed by atoms with Gasteiger partial charge in [0.15, 0.2) is 0 Å². The molecule has 0 amide bonds. The van der Waals surface area contributed by atoms with Gasteiger partial charge in [-0.05, 0) is 78.6 Å². The van der Waals surface area contributed by atoms with Crippen LogP contribution in [0.4, 0.5) is 0 Å². The summed E-state index contributed by atoms with van der Waals surface area (Å²) in [5.74, 6) is 2.07. The minimum Gasteiger partial charge on any atom is -0.497 e. The summed E-state index contributed by atoms with van der Waals surface area (Å²) in [4.78, 5) is 26.6. The number of hydrogen-bond acceptors (Lipinski definition) is 8. The van der Waals surface area contributed by atoms with Gasteiger partial charge in [-0.2, -0.15) is 0 Å². The predicted octanol–water partition coefficient (Wildman–Crippen LogP) is 6.26. The Labute approximate surface area is 245 Å². The molecule has 0 N–H and O–H groups in total. The van der Waals surface area contributed by atoms with Gasteiger partial charge < -0.3 is 28.4 Å². The van der Waals surface area contributed by atoms with Crippen LogP contribution in [0.3, 0.4) is 0 Å². The predicted molar refractivity (Wildman–Crippen MR) is 160 cm³/mol. The molecule has 218 valence electrons. The molecule has 0 saturated carbocycles. The Morgan fingerprint density at radius 3 is 1.43 bits per heavy atom. The highest BCUT2D eigenvalue weighted by molar-refractivity contribution is 6.49. The van der Waals surface area contributed by atoms with Gasteiger partial charge in [-0.3, -0.25) is 9.59 Å². The van der Waals surface area contributed by atoms with E-state index in [4.69, 9.17) is 28.4 Å². The van der Waals surface area contributed by atoms with Crippen LogP contribution in [0.5, 0.6) is 34.5 Å². The molecule has 42 heavy (non-hydrogen) atoms. The van der Waals surface area contributed by atoms with Gasteiger partial charge in [0.1, 0.15) is 34.5 Å². The molecule has 0 saturated heterocycles. The van der Waals surface area contributed by atoms with Crippen LogP contribution >= 0.6 is 0 Å². The molecular formula is C34H34O8. The maximum atomic E-state index is 13.4. The molecule has 8 nitrogen and oxygen atoms in total. The number of carbonyl (C=O) groups is 2. The lowest BCUT2D eigenvalue weighted by atomic mass is 9.94. The fourth-order valence-electron chi connectivity index (χ4n) is 4.68. The van der Waals surface area contributed by atoms with Crippen molar-refractivity contribution >= 4 is 11.6 Å². The average Bonchev–Trinajstić information content (AvgIpc) is 3.05. The Balaban J connectivity index is 1.68. The summed E-state index contributed by atoms with van der Waals surface area (Å²) in [7, 11) is 9.36. The average molecular weight is 571 g/mol. The van der Waals surface area contributed by atoms with Crippen molar-refractivity contribution in [1.29, 1.82) is 0 Å². The van der Waals surface area contributed by atoms with Crippen LogP contribution in [0, 0.1) is 0 Å². The van der Waals surface area contributed by atoms with Gasteiger partial charge >= 0.3 is 0 Å². The summed E-state index contributed by atoms with van der Waals surface area (Å²) in [5.41, 5.74) is 3.87. The van der Waals surface area contributed by atoms with Gasteiger partial charge in [0.2, 0.25) is 11.6 Å². The zero-order chi connectivity index (χ0) is 30.2. The van der Waals surface area contributed by atoms with Gasteiger partial charge in [-0.1, -0.05) is 6.07 Å². The highest BCUT2D eigenvalue weighted by atomic mass is 16.5. The van der Waals surface area contributed by atoms with E-state index in [0.717, 1.165) is 41.0 Å². The number of Topliss-reactive ketones (excluding diaryl/α,β-unsaturated/α-hetero) is 2. The lowest BCUT2D eigenvalue weighted by Crippen LogP contribution is -2.15. The normalized spacial score (nSPS) is 10.5. The van der Waals surface area contributed by atoms with Crippen LogP contribution in [0.25, 0.3) is 11.1 Å². The summed E-state index contributed by atoms with van der Waals surface area (Å²) in [6.45, 7) is 0. The molecule has 4 aromatic carbocycles. The number of methoxy groups -OCH3 is 6. The number of aryl methyl sites for hydroxylation is 2. The second-order valence-electron chi connectivity index (χ2n) is 9.43. The van der Waals surface area contributed by atoms with E-state index in [2.05, 4.69) is 0 Å². The van der Waals surface area contributed by atoms with Crippen LogP contribution in [-0.4, -0.2) is 54.2 Å². The SMILES string of the molecule is COc1cc(CCc2ccc(OC)c(-c3cc(C(=O)C(=O)c4cc(OC)cc(OC)c4)ccc3OC)c2)cc(OC)c1. The summed E-state index contributed by atoms with van der Waals surface area (Å²) in [5, 5.41) is 0. The van der Waals surface area contributed by atoms with Crippen molar-refractivity contribution < 1.29 is 38.0 Å². The van der Waals surface area contributed by atoms with E-state index in [-0.39, 0.29) is 11.1 Å². The van der Waals surface area contributed by atoms with Gasteiger partial charge in [-0.25, -0.2) is 0 Å². The van der Waals surface area contributed by atoms with E-state index in [0.29, 0.717) is 28.6 Å². The molecule has 0 fully saturated rings. The Kier molecular flexibility index (Phi) is 9.70. The van der Waals surface area contributed by atoms with Crippen molar-refractivity contribution in [2.45, 2.75) is 12.8 Å². The number of ether oxygens (including phenoxy) is 6. The van der Waals surface area contributed by atoms with Gasteiger partial charge in [0.25, 0.3) is 0 Å². The second-order valence-corrected chi connectivity index (χ2v) is 9.43. The van der Waals surface area contributed by atoms with E-state index in [9.17, 15) is 9.59 Å². The van der Waals surface area contributed by atoms with Gasteiger partial charge in [-0.15, -0.1) is 0 Å². The third kappa shape index (κ3) is 6.66. The van der Waals surface area contributed by atoms with E-state index in [1.807, 2.05) is 36.4 Å². The fraction of sp³-hybridized carbons (Fsp3) is 0.235. The molecule has 0 radical (unpaired) electrons. The molecule has 4 aromatic rings. The number of hydrogen-bond donors (Lipinski definition) is 0. The fourth-order valence-corrected chi connectivity index (χ4v) is 4.68. The maximum absolute atomic E-state index is 13.4. The standard InChI is InChI=1S/C34H34O8/c1-37-25-13-22(14-26(19-25)38-2)8-7-21-9-11-31(41-5)29(15-21)30-18-23(10-12-32(30)42-6)33(35)34(36)24-16-27(39-3)20-28(17-24)40-4/h9-20H,7-8H2,1-6H3. The first-order valence-corrected chi connectivity index (χ1v) is 13.2. The van der Waals surface area contributed by atoms with Crippen molar-refractivity contribution in [3.63, 3.8) is 0 Å². The molecule has 0 aromatic heterocycles. The summed E-state index contributed by atoms with van der Waals surface area (Å²) in [6.07, 6.45) is 1.47. The highest BCUT2D eigenvalue weighted by Crippen LogP contribution is 2.38. The molecule has 0 aliphatic rings. The van der Waals surface area contributed by atoms with Crippen molar-refractivity contribution in [2.24, 2.45) is 0 Å². The first-order valence-electron chi connectivity index (χ1n) is 13.2. The van der Waals surface area contributed by atoms with Crippen LogP contribution in [0.15, 0.2) is 72.8 Å². The molecule has 0 unspecified atom stereocenters. The van der Waals surface area contributed by atoms with Crippen LogP contribution < -0.4 is 28.4 Å². The Hall–Kier alpha value is -4.98. The molecule has 8 heteroatoms. The lowest BCUT2D eigenvalue weighted by molar-refractivity contribution is 0.0816. The first-order chi connectivity index (χ1) is 20.3. The van der Waals surface area contributed by atoms with Crippen molar-refractivity contribution in [3.05, 3.63) is 95.1 Å². The summed E-state index contributed by atoms with van der Waals surface area (Å²) < 4.78 is 32.7. The van der Waals surface area contributed by atoms with E-state index >= 15 is 0 Å². The smallest absolute Gasteiger partial charge is 0.233 e. The molecular weight excluding hydrogens is 536 g/mol. The Morgan fingerprint density at radius 2 is 0.905 bits per heavy atom. The van der Waals surface area contributed by atoms with Gasteiger partial charge in [0, 0.05) is 34.4 Å². The van der Waals surface area contributed by atoms with Crippen molar-refractivity contribution in [3.8, 4) is 45.6 Å². The Morgan fingerprint density at radius 1 is 0.452 bits per heavy atom. The highest BCUT2D eigenvalue weighted by Gasteiger charge is 2.23. The molecule has 0 aliphatic carbocycles. The minimum absolute atomic E-state index is 0.169. The zero-order valence-electron chi connectivity index (χ0n) is 24.6. The van der Waals surface area contributed by atoms with E-state index in [1.54, 1.807) is 52.7 Å². The summed E-state index contributed by atoms with van der Waals surface area (Å²) in [6, 6.07) is 21.3. The number of carbonyl (C=O) groups excluding carboxylic acids is 2. The van der Waals surface area contributed by atoms with Crippen molar-refractivity contribution in [1.82, 2.24) is 0 Å². The number of ketones is 2. The molecule has 0 aliphatic heterocycles. The monoisotopic (exact) mass is 570 g/mol. The molecule has 0 heterocycles. The third-order valence-corrected chi connectivity index (χ3v) is 6.95. The quantitative estimate of drug-likeness (QED) is 0.138. The zero-order valence-corrected chi connectivity index (χ0v) is 24.6. The van der Waals surface area contributed by atoms with Crippen molar-refractivity contribution in [2.75, 3.05) is 42.7 Å². The lowest BCUT2D eigenvalue weighted by Gasteiger charge is -2.15. The first kappa shape index (κ1) is 30.0. The molecule has 0 bridgehead atoms. The van der Waals surface area contributed by atoms with Crippen LogP contribution in [-0.2, 0) is 12.8 Å². The summed E-state index contributed by atoms with van der Waals surface area (Å²) >= 11 is 0. The van der Waals surface area contributed by atoms with Gasteiger partial charge in [0.05, 0.1) is 42.7 Å². The van der Waals surface area contributed by atoms with E-state index < -0.39 is 11.6 Å².